The van der Waals surface area contributed by atoms with E-state index in [0.29, 0.717) is 59.1 Å². The number of aromatic carboxylic acids is 2. The molecule has 0 radical (unpaired) electrons. The highest BCUT2D eigenvalue weighted by molar-refractivity contribution is 6.33. The summed E-state index contributed by atoms with van der Waals surface area (Å²) in [5.74, 6) is -3.73. The highest BCUT2D eigenvalue weighted by Gasteiger charge is 2.62. The fourth-order valence-corrected chi connectivity index (χ4v) is 11.5. The lowest BCUT2D eigenvalue weighted by molar-refractivity contribution is -0.164. The number of rotatable bonds is 8. The van der Waals surface area contributed by atoms with E-state index in [9.17, 15) is 38.8 Å². The second-order valence-electron chi connectivity index (χ2n) is 15.9. The van der Waals surface area contributed by atoms with Crippen LogP contribution in [-0.2, 0) is 0 Å². The second-order valence-corrected chi connectivity index (χ2v) is 16.8. The fourth-order valence-electron chi connectivity index (χ4n) is 11.1. The molecule has 0 aliphatic heterocycles. The molecule has 0 aromatic heterocycles. The predicted molar refractivity (Wildman–Crippen MR) is 186 cm³/mol. The van der Waals surface area contributed by atoms with Crippen LogP contribution in [0.3, 0.4) is 0 Å². The molecule has 49 heavy (non-hydrogen) atoms. The molecule has 2 aromatic rings. The number of halogens is 4. The largest absolute Gasteiger partial charge is 0.505 e. The third-order valence-corrected chi connectivity index (χ3v) is 14.2. The number of fused-ring (bicyclic) bond motifs is 5. The summed E-state index contributed by atoms with van der Waals surface area (Å²) >= 11 is 12.5. The second kappa shape index (κ2) is 13.0. The van der Waals surface area contributed by atoms with Crippen molar-refractivity contribution < 1.29 is 38.8 Å². The van der Waals surface area contributed by atoms with Crippen LogP contribution in [0.15, 0.2) is 30.3 Å². The molecule has 10 heteroatoms. The molecule has 266 valence electrons. The van der Waals surface area contributed by atoms with Gasteiger partial charge in [-0.1, -0.05) is 50.0 Å². The van der Waals surface area contributed by atoms with Gasteiger partial charge in [-0.15, -0.1) is 0 Å². The number of hydrogen-bond acceptors (Lipinski definition) is 4. The van der Waals surface area contributed by atoms with E-state index in [0.717, 1.165) is 38.5 Å². The Bertz CT molecular complexity index is 1620. The Labute approximate surface area is 296 Å². The molecule has 6 rings (SSSR count). The van der Waals surface area contributed by atoms with Crippen molar-refractivity contribution in [1.82, 2.24) is 0 Å². The molecule has 8 atom stereocenters. The van der Waals surface area contributed by atoms with Gasteiger partial charge in [0, 0.05) is 12.8 Å². The summed E-state index contributed by atoms with van der Waals surface area (Å²) in [7, 11) is 0. The molecule has 6 nitrogen and oxygen atoms in total. The van der Waals surface area contributed by atoms with Crippen molar-refractivity contribution in [2.75, 3.05) is 0 Å². The Balaban J connectivity index is 1.25. The Morgan fingerprint density at radius 2 is 1.41 bits per heavy atom. The summed E-state index contributed by atoms with van der Waals surface area (Å²) in [4.78, 5) is 23.8. The molecule has 4 N–H and O–H groups in total. The van der Waals surface area contributed by atoms with Crippen LogP contribution in [0.1, 0.15) is 123 Å². The number of carboxylic acid groups (broad SMARTS) is 2. The van der Waals surface area contributed by atoms with Gasteiger partial charge < -0.3 is 20.4 Å². The number of allylic oxidation sites excluding steroid dienone is 1. The fraction of sp³-hybridized carbons (Fsp3) is 0.590. The van der Waals surface area contributed by atoms with Crippen LogP contribution in [0.4, 0.5) is 8.78 Å². The molecule has 2 aromatic carbocycles. The van der Waals surface area contributed by atoms with Gasteiger partial charge in [-0.2, -0.15) is 0 Å². The van der Waals surface area contributed by atoms with Crippen molar-refractivity contribution in [3.63, 3.8) is 0 Å². The van der Waals surface area contributed by atoms with Crippen molar-refractivity contribution in [3.8, 4) is 11.5 Å². The van der Waals surface area contributed by atoms with Crippen molar-refractivity contribution in [2.45, 2.75) is 97.3 Å². The topological polar surface area (TPSA) is 115 Å². The van der Waals surface area contributed by atoms with Crippen molar-refractivity contribution in [2.24, 2.45) is 46.3 Å². The predicted octanol–water partition coefficient (Wildman–Crippen LogP) is 10.9. The minimum absolute atomic E-state index is 0.00603. The maximum Gasteiger partial charge on any atom is 0.339 e. The lowest BCUT2D eigenvalue weighted by atomic mass is 9.44. The molecule has 0 heterocycles. The molecule has 0 saturated heterocycles. The molecule has 4 saturated carbocycles. The molecular weight excluding hydrogens is 673 g/mol. The van der Waals surface area contributed by atoms with Crippen LogP contribution < -0.4 is 0 Å². The van der Waals surface area contributed by atoms with Crippen LogP contribution in [0.25, 0.3) is 5.57 Å². The van der Waals surface area contributed by atoms with Gasteiger partial charge in [0.25, 0.3) is 0 Å². The zero-order valence-electron chi connectivity index (χ0n) is 28.2. The van der Waals surface area contributed by atoms with E-state index in [1.54, 1.807) is 0 Å². The van der Waals surface area contributed by atoms with E-state index < -0.39 is 40.5 Å². The Morgan fingerprint density at radius 1 is 0.837 bits per heavy atom. The molecule has 0 amide bonds. The Morgan fingerprint density at radius 3 is 1.98 bits per heavy atom. The lowest BCUT2D eigenvalue weighted by Gasteiger charge is -2.61. The minimum Gasteiger partial charge on any atom is -0.505 e. The number of alkyl halides is 2. The van der Waals surface area contributed by atoms with Crippen LogP contribution >= 0.6 is 23.2 Å². The van der Waals surface area contributed by atoms with Gasteiger partial charge in [0.1, 0.15) is 22.6 Å². The van der Waals surface area contributed by atoms with Gasteiger partial charge in [0.15, 0.2) is 0 Å². The number of phenols is 2. The van der Waals surface area contributed by atoms with E-state index in [1.807, 2.05) is 6.08 Å². The third-order valence-electron chi connectivity index (χ3n) is 13.6. The summed E-state index contributed by atoms with van der Waals surface area (Å²) in [6, 6.07) is 5.46. The van der Waals surface area contributed by atoms with Gasteiger partial charge in [-0.3, -0.25) is 0 Å². The quantitative estimate of drug-likeness (QED) is 0.216. The number of hydrogen-bond donors (Lipinski definition) is 4. The van der Waals surface area contributed by atoms with Crippen LogP contribution in [-0.4, -0.2) is 38.3 Å². The van der Waals surface area contributed by atoms with E-state index in [2.05, 4.69) is 20.8 Å². The highest BCUT2D eigenvalue weighted by Crippen LogP contribution is 2.69. The molecule has 4 aliphatic carbocycles. The van der Waals surface area contributed by atoms with Crippen LogP contribution in [0.2, 0.25) is 10.0 Å². The van der Waals surface area contributed by atoms with Gasteiger partial charge in [0.2, 0.25) is 5.92 Å². The standard InChI is InChI=1S/C39H46Cl2F2O6/c1-20(28-9-10-29-25-8-7-23-19-39(42,43)14-13-37(23,2)30(25)11-12-38(28,29)3)5-4-6-24(21-15-26(35(46)47)33(44)31(40)17-21)22-16-27(36(48)49)34(45)32(41)18-22/h6,15-18,20,23,25,28-30,44-45H,4-5,7-14,19H2,1-3H3,(H,46,47)(H,48,49)/t20-,23-,25+,28-,29+,30+,37+,38-/m1/s1. The number of carbonyl (C=O) groups is 2. The Kier molecular flexibility index (Phi) is 9.58. The number of aromatic hydroxyl groups is 2. The first-order valence-electron chi connectivity index (χ1n) is 17.6. The van der Waals surface area contributed by atoms with Gasteiger partial charge in [0.05, 0.1) is 10.0 Å². The lowest BCUT2D eigenvalue weighted by Crippen LogP contribution is -2.55. The average Bonchev–Trinajstić information content (AvgIpc) is 3.39. The molecule has 4 aliphatic rings. The summed E-state index contributed by atoms with van der Waals surface area (Å²) in [6.45, 7) is 7.07. The summed E-state index contributed by atoms with van der Waals surface area (Å²) in [5, 5.41) is 39.7. The molecular formula is C39H46Cl2F2O6. The van der Waals surface area contributed by atoms with E-state index in [-0.39, 0.29) is 39.6 Å². The van der Waals surface area contributed by atoms with E-state index in [4.69, 9.17) is 23.2 Å². The first-order chi connectivity index (χ1) is 23.0. The van der Waals surface area contributed by atoms with Gasteiger partial charge >= 0.3 is 11.9 Å². The zero-order chi connectivity index (χ0) is 35.6. The van der Waals surface area contributed by atoms with E-state index in [1.165, 1.54) is 30.7 Å². The van der Waals surface area contributed by atoms with E-state index >= 15 is 0 Å². The zero-order valence-corrected chi connectivity index (χ0v) is 29.8. The van der Waals surface area contributed by atoms with Crippen LogP contribution in [0.5, 0.6) is 11.5 Å². The molecule has 0 unspecified atom stereocenters. The number of carboxylic acids is 2. The maximum absolute atomic E-state index is 14.4. The SMILES string of the molecule is C[C@H](CCC=C(c1cc(Cl)c(O)c(C(=O)O)c1)c1cc(Cl)c(O)c(C(=O)O)c1)[C@H]1CC[C@H]2[C@@H]3CC[C@@H]4CC(F)(F)CC[C@]4(C)[C@H]3CC[C@]12C. The first kappa shape index (κ1) is 36.0. The normalized spacial score (nSPS) is 32.3. The molecule has 0 spiro atoms. The average molecular weight is 720 g/mol. The Hall–Kier alpha value is -2.84. The summed E-state index contributed by atoms with van der Waals surface area (Å²) < 4.78 is 28.8. The van der Waals surface area contributed by atoms with Crippen molar-refractivity contribution in [3.05, 3.63) is 62.6 Å². The minimum atomic E-state index is -2.53. The van der Waals surface area contributed by atoms with Crippen molar-refractivity contribution in [1.29, 1.82) is 0 Å². The molecule has 0 bridgehead atoms. The van der Waals surface area contributed by atoms with Crippen LogP contribution in [0, 0.1) is 46.3 Å². The highest BCUT2D eigenvalue weighted by atomic mass is 35.5. The molecule has 4 fully saturated rings. The summed E-state index contributed by atoms with van der Waals surface area (Å²) in [6.07, 6.45) is 10.5. The van der Waals surface area contributed by atoms with Gasteiger partial charge in [-0.25, -0.2) is 18.4 Å². The smallest absolute Gasteiger partial charge is 0.339 e. The summed E-state index contributed by atoms with van der Waals surface area (Å²) in [5.41, 5.74) is 0.609. The van der Waals surface area contributed by atoms with Crippen molar-refractivity contribution >= 4 is 40.7 Å². The third kappa shape index (κ3) is 6.34. The first-order valence-corrected chi connectivity index (χ1v) is 18.3. The number of benzene rings is 2. The monoisotopic (exact) mass is 718 g/mol. The maximum atomic E-state index is 14.4. The van der Waals surface area contributed by atoms with Gasteiger partial charge in [-0.05, 0) is 145 Å².